The van der Waals surface area contributed by atoms with Gasteiger partial charge in [-0.15, -0.1) is 0 Å². The van der Waals surface area contributed by atoms with Crippen molar-refractivity contribution in [3.05, 3.63) is 59.9 Å². The van der Waals surface area contributed by atoms with Crippen LogP contribution in [0.4, 0.5) is 0 Å². The van der Waals surface area contributed by atoms with E-state index in [-0.39, 0.29) is 11.7 Å². The predicted molar refractivity (Wildman–Crippen MR) is 67.4 cm³/mol. The van der Waals surface area contributed by atoms with Gasteiger partial charge < -0.3 is 5.11 Å². The minimum Gasteiger partial charge on any atom is -0.506 e. The quantitative estimate of drug-likeness (QED) is 0.632. The molecule has 0 radical (unpaired) electrons. The number of carbonyl (C=O) groups excluding carboxylic acids is 1. The number of rotatable bonds is 3. The number of hydrogen-bond acceptors (Lipinski definition) is 4. The largest absolute Gasteiger partial charge is 0.506 e. The van der Waals surface area contributed by atoms with Gasteiger partial charge in [-0.3, -0.25) is 9.78 Å². The molecule has 0 aliphatic heterocycles. The molecule has 0 aliphatic rings. The topological polar surface area (TPSA) is 74.6 Å². The molecule has 18 heavy (non-hydrogen) atoms. The average Bonchev–Trinajstić information content (AvgIpc) is 2.42. The molecule has 5 nitrogen and oxygen atoms in total. The van der Waals surface area contributed by atoms with Crippen molar-refractivity contribution >= 4 is 12.1 Å². The molecule has 0 saturated heterocycles. The number of aromatic hydroxyl groups is 1. The van der Waals surface area contributed by atoms with Gasteiger partial charge in [0.1, 0.15) is 5.75 Å². The molecule has 0 fully saturated rings. The average molecular weight is 241 g/mol. The zero-order chi connectivity index (χ0) is 12.8. The van der Waals surface area contributed by atoms with Gasteiger partial charge in [-0.25, -0.2) is 5.43 Å². The van der Waals surface area contributed by atoms with Crippen LogP contribution >= 0.6 is 0 Å². The molecule has 0 aliphatic carbocycles. The summed E-state index contributed by atoms with van der Waals surface area (Å²) in [6.07, 6.45) is 4.19. The first-order valence-corrected chi connectivity index (χ1v) is 5.29. The molecule has 0 unspecified atom stereocenters. The van der Waals surface area contributed by atoms with E-state index >= 15 is 0 Å². The highest BCUT2D eigenvalue weighted by atomic mass is 16.3. The number of nitrogens with one attached hydrogen (secondary N) is 1. The highest BCUT2D eigenvalue weighted by molar-refractivity contribution is 5.95. The van der Waals surface area contributed by atoms with E-state index in [0.717, 1.165) is 0 Å². The van der Waals surface area contributed by atoms with E-state index in [2.05, 4.69) is 15.5 Å². The second-order valence-electron chi connectivity index (χ2n) is 3.50. The van der Waals surface area contributed by atoms with Crippen molar-refractivity contribution in [3.63, 3.8) is 0 Å². The Kier molecular flexibility index (Phi) is 3.66. The number of aromatic nitrogens is 1. The first-order chi connectivity index (χ1) is 8.77. The van der Waals surface area contributed by atoms with E-state index in [1.807, 2.05) is 6.07 Å². The lowest BCUT2D eigenvalue weighted by molar-refractivity contribution is 0.0955. The van der Waals surface area contributed by atoms with E-state index in [1.165, 1.54) is 18.6 Å². The molecule has 0 spiro atoms. The molecule has 5 heteroatoms. The minimum atomic E-state index is -0.305. The lowest BCUT2D eigenvalue weighted by atomic mass is 10.2. The van der Waals surface area contributed by atoms with Gasteiger partial charge in [0, 0.05) is 17.3 Å². The monoisotopic (exact) mass is 241 g/mol. The molecule has 90 valence electrons. The number of benzene rings is 1. The zero-order valence-electron chi connectivity index (χ0n) is 9.45. The van der Waals surface area contributed by atoms with E-state index in [0.29, 0.717) is 11.1 Å². The standard InChI is InChI=1S/C13H11N3O2/c17-12-9-14-7-6-11(12)8-15-16-13(18)10-4-2-1-3-5-10/h1-9,17H,(H,16,18). The Labute approximate surface area is 104 Å². The number of amides is 1. The zero-order valence-corrected chi connectivity index (χ0v) is 9.45. The van der Waals surface area contributed by atoms with Crippen LogP contribution in [0.25, 0.3) is 0 Å². The lowest BCUT2D eigenvalue weighted by Gasteiger charge is -1.99. The molecule has 1 aromatic carbocycles. The van der Waals surface area contributed by atoms with Crippen molar-refractivity contribution in [2.24, 2.45) is 5.10 Å². The molecular formula is C13H11N3O2. The van der Waals surface area contributed by atoms with Crippen molar-refractivity contribution in [2.45, 2.75) is 0 Å². The summed E-state index contributed by atoms with van der Waals surface area (Å²) in [4.78, 5) is 15.4. The van der Waals surface area contributed by atoms with Gasteiger partial charge in [0.2, 0.25) is 0 Å². The maximum Gasteiger partial charge on any atom is 0.271 e. The third kappa shape index (κ3) is 2.91. The van der Waals surface area contributed by atoms with Crippen molar-refractivity contribution in [3.8, 4) is 5.75 Å². The van der Waals surface area contributed by atoms with Crippen LogP contribution < -0.4 is 5.43 Å². The maximum absolute atomic E-state index is 11.6. The summed E-state index contributed by atoms with van der Waals surface area (Å²) in [6, 6.07) is 10.3. The van der Waals surface area contributed by atoms with Gasteiger partial charge in [0.15, 0.2) is 0 Å². The second-order valence-corrected chi connectivity index (χ2v) is 3.50. The van der Waals surface area contributed by atoms with Crippen molar-refractivity contribution in [2.75, 3.05) is 0 Å². The first-order valence-electron chi connectivity index (χ1n) is 5.29. The summed E-state index contributed by atoms with van der Waals surface area (Å²) in [7, 11) is 0. The van der Waals surface area contributed by atoms with Gasteiger partial charge in [-0.2, -0.15) is 5.10 Å². The van der Waals surface area contributed by atoms with Crippen molar-refractivity contribution in [1.82, 2.24) is 10.4 Å². The molecule has 2 N–H and O–H groups in total. The van der Waals surface area contributed by atoms with E-state index in [9.17, 15) is 9.90 Å². The Balaban J connectivity index is 2.00. The number of carbonyl (C=O) groups is 1. The fraction of sp³-hybridized carbons (Fsp3) is 0. The summed E-state index contributed by atoms with van der Waals surface area (Å²) in [6.45, 7) is 0. The Morgan fingerprint density at radius 2 is 2.06 bits per heavy atom. The van der Waals surface area contributed by atoms with Gasteiger partial charge in [0.25, 0.3) is 5.91 Å². The highest BCUT2D eigenvalue weighted by Crippen LogP contribution is 2.10. The van der Waals surface area contributed by atoms with Crippen LogP contribution in [0.5, 0.6) is 5.75 Å². The van der Waals surface area contributed by atoms with Crippen LogP contribution in [-0.4, -0.2) is 22.2 Å². The van der Waals surface area contributed by atoms with E-state index < -0.39 is 0 Å². The molecule has 0 atom stereocenters. The Morgan fingerprint density at radius 1 is 1.28 bits per heavy atom. The highest BCUT2D eigenvalue weighted by Gasteiger charge is 2.02. The normalized spacial score (nSPS) is 10.4. The van der Waals surface area contributed by atoms with Gasteiger partial charge in [0.05, 0.1) is 12.4 Å². The number of hydrogen-bond donors (Lipinski definition) is 2. The van der Waals surface area contributed by atoms with Crippen LogP contribution in [-0.2, 0) is 0 Å². The maximum atomic E-state index is 11.6. The molecular weight excluding hydrogens is 230 g/mol. The number of nitrogens with zero attached hydrogens (tertiary/aromatic N) is 2. The fourth-order valence-electron chi connectivity index (χ4n) is 1.32. The molecule has 1 heterocycles. The number of hydrazone groups is 1. The van der Waals surface area contributed by atoms with Crippen LogP contribution in [0.1, 0.15) is 15.9 Å². The summed E-state index contributed by atoms with van der Waals surface area (Å²) in [5.41, 5.74) is 3.38. The van der Waals surface area contributed by atoms with Crippen molar-refractivity contribution in [1.29, 1.82) is 0 Å². The van der Waals surface area contributed by atoms with Gasteiger partial charge in [-0.1, -0.05) is 18.2 Å². The fourth-order valence-corrected chi connectivity index (χ4v) is 1.32. The first kappa shape index (κ1) is 11.8. The predicted octanol–water partition coefficient (Wildman–Crippen LogP) is 1.55. The van der Waals surface area contributed by atoms with Crippen LogP contribution in [0.3, 0.4) is 0 Å². The second kappa shape index (κ2) is 5.58. The van der Waals surface area contributed by atoms with Crippen molar-refractivity contribution < 1.29 is 9.90 Å². The molecule has 2 rings (SSSR count). The third-order valence-electron chi connectivity index (χ3n) is 2.24. The van der Waals surface area contributed by atoms with Gasteiger partial charge >= 0.3 is 0 Å². The molecule has 1 aromatic heterocycles. The van der Waals surface area contributed by atoms with Crippen LogP contribution in [0.15, 0.2) is 53.9 Å². The third-order valence-corrected chi connectivity index (χ3v) is 2.24. The summed E-state index contributed by atoms with van der Waals surface area (Å²) in [5, 5.41) is 13.2. The Hall–Kier alpha value is -2.69. The Morgan fingerprint density at radius 3 is 2.78 bits per heavy atom. The number of pyridine rings is 1. The smallest absolute Gasteiger partial charge is 0.271 e. The minimum absolute atomic E-state index is 0.00945. The van der Waals surface area contributed by atoms with E-state index in [4.69, 9.17) is 0 Å². The summed E-state index contributed by atoms with van der Waals surface area (Å²) < 4.78 is 0. The SMILES string of the molecule is O=C(NN=Cc1ccncc1O)c1ccccc1. The van der Waals surface area contributed by atoms with E-state index in [1.54, 1.807) is 30.3 Å². The molecule has 0 bridgehead atoms. The Bertz CT molecular complexity index is 567. The lowest BCUT2D eigenvalue weighted by Crippen LogP contribution is -2.17. The summed E-state index contributed by atoms with van der Waals surface area (Å²) in [5.74, 6) is -0.296. The molecule has 2 aromatic rings. The van der Waals surface area contributed by atoms with Gasteiger partial charge in [-0.05, 0) is 18.2 Å². The summed E-state index contributed by atoms with van der Waals surface area (Å²) >= 11 is 0. The molecule has 0 saturated carbocycles. The van der Waals surface area contributed by atoms with Crippen LogP contribution in [0.2, 0.25) is 0 Å². The molecule has 1 amide bonds. The van der Waals surface area contributed by atoms with Crippen LogP contribution in [0, 0.1) is 0 Å².